The monoisotopic (exact) mass is 391 g/mol. The first-order valence-electron chi connectivity index (χ1n) is 10.4. The Morgan fingerprint density at radius 2 is 2.17 bits per heavy atom. The molecule has 1 N–H and O–H groups in total. The van der Waals surface area contributed by atoms with Crippen LogP contribution in [0.3, 0.4) is 0 Å². The van der Waals surface area contributed by atoms with Crippen molar-refractivity contribution in [2.45, 2.75) is 50.5 Å². The molecule has 2 fully saturated rings. The van der Waals surface area contributed by atoms with Crippen LogP contribution in [0.4, 0.5) is 5.82 Å². The van der Waals surface area contributed by atoms with E-state index < -0.39 is 5.41 Å². The molecule has 3 aromatic rings. The van der Waals surface area contributed by atoms with E-state index in [1.54, 1.807) is 10.9 Å². The quantitative estimate of drug-likeness (QED) is 0.737. The number of anilines is 1. The van der Waals surface area contributed by atoms with Crippen molar-refractivity contribution in [2.24, 2.45) is 0 Å². The number of H-pyrrole nitrogens is 1. The first kappa shape index (κ1) is 18.1. The highest BCUT2D eigenvalue weighted by Gasteiger charge is 2.37. The molecular formula is C21H25N7O. The van der Waals surface area contributed by atoms with Gasteiger partial charge in [0.05, 0.1) is 43.1 Å². The van der Waals surface area contributed by atoms with E-state index >= 15 is 0 Å². The molecule has 1 saturated heterocycles. The summed E-state index contributed by atoms with van der Waals surface area (Å²) in [5.41, 5.74) is 1.34. The smallest absolute Gasteiger partial charge is 0.167 e. The van der Waals surface area contributed by atoms with Gasteiger partial charge in [0.1, 0.15) is 5.82 Å². The fraction of sp³-hybridized carbons (Fsp3) is 0.524. The Labute approximate surface area is 169 Å². The molecule has 1 saturated carbocycles. The van der Waals surface area contributed by atoms with Crippen LogP contribution >= 0.6 is 0 Å². The van der Waals surface area contributed by atoms with Crippen LogP contribution in [0.1, 0.15) is 44.6 Å². The Balaban J connectivity index is 1.74. The van der Waals surface area contributed by atoms with Gasteiger partial charge in [0.2, 0.25) is 0 Å². The third kappa shape index (κ3) is 2.97. The third-order valence-electron chi connectivity index (χ3n) is 6.34. The van der Waals surface area contributed by atoms with E-state index in [1.165, 1.54) is 6.42 Å². The second kappa shape index (κ2) is 7.16. The molecule has 1 aliphatic carbocycles. The minimum Gasteiger partial charge on any atom is -0.377 e. The Kier molecular flexibility index (Phi) is 4.47. The molecule has 0 aromatic carbocycles. The predicted molar refractivity (Wildman–Crippen MR) is 109 cm³/mol. The Morgan fingerprint density at radius 3 is 2.90 bits per heavy atom. The fourth-order valence-electron chi connectivity index (χ4n) is 4.74. The summed E-state index contributed by atoms with van der Waals surface area (Å²) in [6.07, 6.45) is 8.67. The average molecular weight is 391 g/mol. The molecular weight excluding hydrogens is 366 g/mol. The molecule has 8 heteroatoms. The maximum absolute atomic E-state index is 10.3. The summed E-state index contributed by atoms with van der Waals surface area (Å²) in [6.45, 7) is 4.30. The maximum atomic E-state index is 10.3. The highest BCUT2D eigenvalue weighted by Crippen LogP contribution is 2.43. The van der Waals surface area contributed by atoms with Crippen LogP contribution in [-0.4, -0.2) is 50.8 Å². The molecule has 3 aromatic heterocycles. The second-order valence-electron chi connectivity index (χ2n) is 8.14. The fourth-order valence-corrected chi connectivity index (χ4v) is 4.74. The van der Waals surface area contributed by atoms with E-state index in [9.17, 15) is 5.26 Å². The van der Waals surface area contributed by atoms with Crippen molar-refractivity contribution in [1.82, 2.24) is 25.0 Å². The van der Waals surface area contributed by atoms with Crippen molar-refractivity contribution in [3.63, 3.8) is 0 Å². The number of morpholine rings is 1. The number of aromatic amines is 1. The average Bonchev–Trinajstić information content (AvgIpc) is 3.43. The van der Waals surface area contributed by atoms with Gasteiger partial charge in [0, 0.05) is 18.0 Å². The lowest BCUT2D eigenvalue weighted by Crippen LogP contribution is -2.44. The summed E-state index contributed by atoms with van der Waals surface area (Å²) in [6, 6.07) is 6.92. The number of hydrogen-bond acceptors (Lipinski definition) is 6. The molecule has 5 rings (SSSR count). The van der Waals surface area contributed by atoms with Crippen molar-refractivity contribution < 1.29 is 4.74 Å². The first-order valence-corrected chi connectivity index (χ1v) is 10.4. The van der Waals surface area contributed by atoms with Crippen molar-refractivity contribution >= 4 is 16.9 Å². The van der Waals surface area contributed by atoms with Gasteiger partial charge >= 0.3 is 0 Å². The molecule has 1 atom stereocenters. The van der Waals surface area contributed by atoms with E-state index in [2.05, 4.69) is 39.3 Å². The standard InChI is InChI=1S/C21H25N7O/c1-15-13-29-10-9-27(15)19-11-17(21(14-22)6-3-2-4-7-21)16-12-24-28(20(16)25-19)18-5-8-23-26-18/h5,8,11-12,15H,2-4,6-7,9-10,13H2,1H3,(H,23,26). The minimum atomic E-state index is -0.481. The molecule has 0 radical (unpaired) electrons. The number of nitriles is 1. The van der Waals surface area contributed by atoms with Crippen molar-refractivity contribution in [2.75, 3.05) is 24.7 Å². The topological polar surface area (TPSA) is 95.6 Å². The number of fused-ring (bicyclic) bond motifs is 1. The summed E-state index contributed by atoms with van der Waals surface area (Å²) in [4.78, 5) is 7.28. The SMILES string of the molecule is CC1COCCN1c1cc(C2(C#N)CCCCC2)c2cnn(-c3ccn[nH]3)c2n1. The van der Waals surface area contributed by atoms with Gasteiger partial charge in [-0.1, -0.05) is 19.3 Å². The van der Waals surface area contributed by atoms with Gasteiger partial charge in [-0.2, -0.15) is 20.1 Å². The molecule has 0 spiro atoms. The van der Waals surface area contributed by atoms with E-state index in [4.69, 9.17) is 9.72 Å². The number of nitrogens with zero attached hydrogens (tertiary/aromatic N) is 6. The predicted octanol–water partition coefficient (Wildman–Crippen LogP) is 3.09. The lowest BCUT2D eigenvalue weighted by Gasteiger charge is -2.36. The second-order valence-corrected chi connectivity index (χ2v) is 8.14. The van der Waals surface area contributed by atoms with Crippen LogP contribution in [0.5, 0.6) is 0 Å². The zero-order valence-electron chi connectivity index (χ0n) is 16.6. The van der Waals surface area contributed by atoms with E-state index in [0.29, 0.717) is 13.2 Å². The van der Waals surface area contributed by atoms with Gasteiger partial charge < -0.3 is 9.64 Å². The summed E-state index contributed by atoms with van der Waals surface area (Å²) in [5.74, 6) is 1.66. The van der Waals surface area contributed by atoms with Gasteiger partial charge in [-0.25, -0.2) is 4.98 Å². The van der Waals surface area contributed by atoms with E-state index in [0.717, 1.165) is 60.5 Å². The van der Waals surface area contributed by atoms with Crippen LogP contribution < -0.4 is 4.90 Å². The van der Waals surface area contributed by atoms with Crippen LogP contribution in [0.2, 0.25) is 0 Å². The maximum Gasteiger partial charge on any atom is 0.167 e. The van der Waals surface area contributed by atoms with Gasteiger partial charge in [-0.15, -0.1) is 0 Å². The van der Waals surface area contributed by atoms with Gasteiger partial charge in [-0.05, 0) is 31.4 Å². The molecule has 2 aliphatic rings. The number of nitrogens with one attached hydrogen (secondary N) is 1. The third-order valence-corrected chi connectivity index (χ3v) is 6.34. The molecule has 150 valence electrons. The Hall–Kier alpha value is -2.92. The normalized spacial score (nSPS) is 21.9. The first-order chi connectivity index (χ1) is 14.2. The lowest BCUT2D eigenvalue weighted by molar-refractivity contribution is 0.0985. The van der Waals surface area contributed by atoms with E-state index in [-0.39, 0.29) is 6.04 Å². The van der Waals surface area contributed by atoms with Crippen LogP contribution in [0.15, 0.2) is 24.5 Å². The minimum absolute atomic E-state index is 0.231. The van der Waals surface area contributed by atoms with Crippen molar-refractivity contribution in [1.29, 1.82) is 5.26 Å². The largest absolute Gasteiger partial charge is 0.377 e. The summed E-state index contributed by atoms with van der Waals surface area (Å²) < 4.78 is 7.41. The Morgan fingerprint density at radius 1 is 1.31 bits per heavy atom. The summed E-state index contributed by atoms with van der Waals surface area (Å²) in [5, 5.41) is 22.8. The lowest BCUT2D eigenvalue weighted by atomic mass is 9.70. The number of hydrogen-bond donors (Lipinski definition) is 1. The molecule has 4 heterocycles. The van der Waals surface area contributed by atoms with Crippen LogP contribution in [0, 0.1) is 11.3 Å². The highest BCUT2D eigenvalue weighted by molar-refractivity contribution is 5.84. The molecule has 1 unspecified atom stereocenters. The van der Waals surface area contributed by atoms with Gasteiger partial charge in [-0.3, -0.25) is 5.10 Å². The Bertz CT molecular complexity index is 1040. The van der Waals surface area contributed by atoms with Crippen molar-refractivity contribution in [3.8, 4) is 11.9 Å². The molecule has 0 amide bonds. The molecule has 1 aliphatic heterocycles. The van der Waals surface area contributed by atoms with Gasteiger partial charge in [0.15, 0.2) is 11.5 Å². The number of pyridine rings is 1. The zero-order valence-corrected chi connectivity index (χ0v) is 16.6. The zero-order chi connectivity index (χ0) is 19.8. The summed E-state index contributed by atoms with van der Waals surface area (Å²) >= 11 is 0. The van der Waals surface area contributed by atoms with Gasteiger partial charge in [0.25, 0.3) is 0 Å². The molecule has 29 heavy (non-hydrogen) atoms. The summed E-state index contributed by atoms with van der Waals surface area (Å²) in [7, 11) is 0. The van der Waals surface area contributed by atoms with E-state index in [1.807, 2.05) is 12.3 Å². The molecule has 0 bridgehead atoms. The van der Waals surface area contributed by atoms with Crippen LogP contribution in [-0.2, 0) is 10.2 Å². The number of ether oxygens (including phenoxy) is 1. The highest BCUT2D eigenvalue weighted by atomic mass is 16.5. The van der Waals surface area contributed by atoms with Crippen LogP contribution in [0.25, 0.3) is 16.9 Å². The number of rotatable bonds is 3. The van der Waals surface area contributed by atoms with Crippen molar-refractivity contribution in [3.05, 3.63) is 30.1 Å². The number of aromatic nitrogens is 5. The molecule has 8 nitrogen and oxygen atoms in total.